The molecule has 2 rings (SSSR count). The summed E-state index contributed by atoms with van der Waals surface area (Å²) in [5, 5.41) is 14.6. The lowest BCUT2D eigenvalue weighted by Crippen LogP contribution is -2.30. The molecule has 2 nitrogen and oxygen atoms in total. The fraction of sp³-hybridized carbons (Fsp3) is 0.429. The number of thiophene rings is 2. The number of nitrogens with one attached hydrogen (secondary N) is 1. The van der Waals surface area contributed by atoms with E-state index in [-0.39, 0.29) is 12.6 Å². The largest absolute Gasteiger partial charge is 0.396 e. The quantitative estimate of drug-likeness (QED) is 0.798. The normalized spacial score (nSPS) is 14.5. The lowest BCUT2D eigenvalue weighted by Gasteiger charge is -2.21. The molecular formula is C14H18ClNOS2. The highest BCUT2D eigenvalue weighted by Crippen LogP contribution is 2.33. The van der Waals surface area contributed by atoms with E-state index in [2.05, 4.69) is 35.8 Å². The molecule has 0 aliphatic rings. The first kappa shape index (κ1) is 15.0. The van der Waals surface area contributed by atoms with Crippen LogP contribution in [0.1, 0.15) is 35.6 Å². The first-order chi connectivity index (χ1) is 9.20. The topological polar surface area (TPSA) is 32.3 Å². The number of aliphatic hydroxyl groups is 1. The van der Waals surface area contributed by atoms with Crippen molar-refractivity contribution in [2.45, 2.75) is 31.8 Å². The second-order valence-electron chi connectivity index (χ2n) is 4.52. The van der Waals surface area contributed by atoms with Gasteiger partial charge in [0.05, 0.1) is 10.4 Å². The molecule has 0 aliphatic carbocycles. The summed E-state index contributed by atoms with van der Waals surface area (Å²) in [5.74, 6) is 0. The van der Waals surface area contributed by atoms with E-state index in [9.17, 15) is 0 Å². The third kappa shape index (κ3) is 4.29. The molecule has 2 unspecified atom stereocenters. The van der Waals surface area contributed by atoms with Crippen molar-refractivity contribution >= 4 is 34.3 Å². The Morgan fingerprint density at radius 3 is 2.74 bits per heavy atom. The summed E-state index contributed by atoms with van der Waals surface area (Å²) in [6.07, 6.45) is 1.80. The van der Waals surface area contributed by atoms with Crippen molar-refractivity contribution in [2.24, 2.45) is 0 Å². The van der Waals surface area contributed by atoms with Crippen molar-refractivity contribution in [3.05, 3.63) is 43.7 Å². The van der Waals surface area contributed by atoms with Crippen LogP contribution in [0.25, 0.3) is 0 Å². The fourth-order valence-corrected chi connectivity index (χ4v) is 4.03. The minimum absolute atomic E-state index is 0.200. The molecule has 0 amide bonds. The van der Waals surface area contributed by atoms with Gasteiger partial charge in [0.2, 0.25) is 0 Å². The van der Waals surface area contributed by atoms with Crippen molar-refractivity contribution in [3.63, 3.8) is 0 Å². The van der Waals surface area contributed by atoms with Crippen LogP contribution in [0.5, 0.6) is 0 Å². The summed E-state index contributed by atoms with van der Waals surface area (Å²) in [6.45, 7) is 2.41. The number of halogens is 1. The first-order valence-electron chi connectivity index (χ1n) is 6.36. The zero-order chi connectivity index (χ0) is 13.7. The molecule has 104 valence electrons. The SMILES string of the molecule is CC(CCCO)NC(c1cccs1)c1ccc(Cl)s1. The smallest absolute Gasteiger partial charge is 0.0931 e. The van der Waals surface area contributed by atoms with E-state index < -0.39 is 0 Å². The average molecular weight is 316 g/mol. The van der Waals surface area contributed by atoms with Gasteiger partial charge in [-0.3, -0.25) is 0 Å². The Kier molecular flexibility index (Phi) is 5.85. The summed E-state index contributed by atoms with van der Waals surface area (Å²) in [4.78, 5) is 2.54. The molecule has 0 aromatic carbocycles. The first-order valence-corrected chi connectivity index (χ1v) is 8.43. The molecule has 0 saturated heterocycles. The maximum Gasteiger partial charge on any atom is 0.0931 e. The van der Waals surface area contributed by atoms with Gasteiger partial charge in [0.25, 0.3) is 0 Å². The van der Waals surface area contributed by atoms with Crippen LogP contribution in [0, 0.1) is 0 Å². The van der Waals surface area contributed by atoms with E-state index in [0.29, 0.717) is 6.04 Å². The molecule has 2 heterocycles. The monoisotopic (exact) mass is 315 g/mol. The van der Waals surface area contributed by atoms with Crippen LogP contribution in [-0.4, -0.2) is 17.8 Å². The molecule has 2 N–H and O–H groups in total. The molecule has 19 heavy (non-hydrogen) atoms. The summed E-state index contributed by atoms with van der Waals surface area (Å²) in [5.41, 5.74) is 0. The molecule has 2 aromatic heterocycles. The van der Waals surface area contributed by atoms with Gasteiger partial charge in [-0.25, -0.2) is 0 Å². The zero-order valence-electron chi connectivity index (χ0n) is 10.8. The Morgan fingerprint density at radius 1 is 1.32 bits per heavy atom. The Hall–Kier alpha value is -0.390. The lowest BCUT2D eigenvalue weighted by atomic mass is 10.1. The van der Waals surface area contributed by atoms with Gasteiger partial charge in [-0.05, 0) is 43.3 Å². The van der Waals surface area contributed by atoms with Gasteiger partial charge < -0.3 is 10.4 Å². The number of aliphatic hydroxyl groups excluding tert-OH is 1. The van der Waals surface area contributed by atoms with Crippen molar-refractivity contribution in [1.82, 2.24) is 5.32 Å². The molecular weight excluding hydrogens is 298 g/mol. The highest BCUT2D eigenvalue weighted by Gasteiger charge is 2.19. The van der Waals surface area contributed by atoms with Crippen LogP contribution in [0.15, 0.2) is 29.6 Å². The summed E-state index contributed by atoms with van der Waals surface area (Å²) in [6, 6.07) is 8.81. The minimum atomic E-state index is 0.200. The van der Waals surface area contributed by atoms with Crippen molar-refractivity contribution < 1.29 is 5.11 Å². The molecule has 2 atom stereocenters. The van der Waals surface area contributed by atoms with Gasteiger partial charge in [-0.2, -0.15) is 0 Å². The van der Waals surface area contributed by atoms with Crippen molar-refractivity contribution in [2.75, 3.05) is 6.61 Å². The molecule has 0 spiro atoms. The highest BCUT2D eigenvalue weighted by atomic mass is 35.5. The second-order valence-corrected chi connectivity index (χ2v) is 7.25. The molecule has 0 bridgehead atoms. The van der Waals surface area contributed by atoms with E-state index >= 15 is 0 Å². The van der Waals surface area contributed by atoms with Crippen LogP contribution >= 0.6 is 34.3 Å². The molecule has 0 saturated carbocycles. The van der Waals surface area contributed by atoms with Crippen LogP contribution in [0.3, 0.4) is 0 Å². The van der Waals surface area contributed by atoms with Crippen molar-refractivity contribution in [3.8, 4) is 0 Å². The standard InChI is InChI=1S/C14H18ClNOS2/c1-10(4-2-8-17)16-14(11-5-3-9-18-11)12-6-7-13(15)19-12/h3,5-7,9-10,14,16-17H,2,4,8H2,1H3. The van der Waals surface area contributed by atoms with Crippen LogP contribution in [0.4, 0.5) is 0 Å². The summed E-state index contributed by atoms with van der Waals surface area (Å²) >= 11 is 9.42. The third-order valence-electron chi connectivity index (χ3n) is 2.95. The van der Waals surface area contributed by atoms with Crippen LogP contribution in [0.2, 0.25) is 4.34 Å². The second kappa shape index (κ2) is 7.41. The third-order valence-corrected chi connectivity index (χ3v) is 5.19. The molecule has 5 heteroatoms. The number of hydrogen-bond donors (Lipinski definition) is 2. The molecule has 2 aromatic rings. The van der Waals surface area contributed by atoms with E-state index in [4.69, 9.17) is 16.7 Å². The lowest BCUT2D eigenvalue weighted by molar-refractivity contribution is 0.275. The number of rotatable bonds is 7. The average Bonchev–Trinajstić information content (AvgIpc) is 3.04. The maximum atomic E-state index is 8.91. The molecule has 0 fully saturated rings. The van der Waals surface area contributed by atoms with E-state index in [1.54, 1.807) is 22.7 Å². The Morgan fingerprint density at radius 2 is 2.16 bits per heavy atom. The Bertz CT molecular complexity index is 483. The summed E-state index contributed by atoms with van der Waals surface area (Å²) in [7, 11) is 0. The molecule has 0 radical (unpaired) electrons. The van der Waals surface area contributed by atoms with E-state index in [1.165, 1.54) is 9.75 Å². The predicted octanol–water partition coefficient (Wildman–Crippen LogP) is 4.30. The number of hydrogen-bond acceptors (Lipinski definition) is 4. The van der Waals surface area contributed by atoms with Gasteiger partial charge in [0.15, 0.2) is 0 Å². The predicted molar refractivity (Wildman–Crippen MR) is 84.4 cm³/mol. The maximum absolute atomic E-state index is 8.91. The van der Waals surface area contributed by atoms with Gasteiger partial charge in [0, 0.05) is 22.4 Å². The van der Waals surface area contributed by atoms with E-state index in [1.807, 2.05) is 6.07 Å². The van der Waals surface area contributed by atoms with E-state index in [0.717, 1.165) is 17.2 Å². The van der Waals surface area contributed by atoms with Crippen LogP contribution in [-0.2, 0) is 0 Å². The van der Waals surface area contributed by atoms with Gasteiger partial charge in [-0.1, -0.05) is 17.7 Å². The van der Waals surface area contributed by atoms with Crippen molar-refractivity contribution in [1.29, 1.82) is 0 Å². The molecule has 0 aliphatic heterocycles. The fourth-order valence-electron chi connectivity index (χ4n) is 2.01. The summed E-state index contributed by atoms with van der Waals surface area (Å²) < 4.78 is 0.821. The van der Waals surface area contributed by atoms with Gasteiger partial charge >= 0.3 is 0 Å². The Balaban J connectivity index is 2.11. The van der Waals surface area contributed by atoms with Gasteiger partial charge in [-0.15, -0.1) is 22.7 Å². The van der Waals surface area contributed by atoms with Gasteiger partial charge in [0.1, 0.15) is 0 Å². The minimum Gasteiger partial charge on any atom is -0.396 e. The van der Waals surface area contributed by atoms with Crippen LogP contribution < -0.4 is 5.32 Å². The zero-order valence-corrected chi connectivity index (χ0v) is 13.2. The highest BCUT2D eigenvalue weighted by molar-refractivity contribution is 7.16. The Labute approximate surface area is 127 Å².